The summed E-state index contributed by atoms with van der Waals surface area (Å²) >= 11 is 0. The molecule has 3 heterocycles. The first-order valence-corrected chi connectivity index (χ1v) is 8.30. The van der Waals surface area contributed by atoms with Crippen molar-refractivity contribution in [3.8, 4) is 0 Å². The highest BCUT2D eigenvalue weighted by Gasteiger charge is 2.40. The fraction of sp³-hybridized carbons (Fsp3) is 0.562. The van der Waals surface area contributed by atoms with Crippen LogP contribution in [-0.4, -0.2) is 65.8 Å². The van der Waals surface area contributed by atoms with E-state index in [-0.39, 0.29) is 42.6 Å². The first-order chi connectivity index (χ1) is 12.4. The number of rotatable bonds is 4. The van der Waals surface area contributed by atoms with E-state index < -0.39 is 16.7 Å². The van der Waals surface area contributed by atoms with Gasteiger partial charge in [-0.25, -0.2) is 0 Å². The first kappa shape index (κ1) is 17.9. The molecule has 140 valence electrons. The molecule has 2 amide bonds. The van der Waals surface area contributed by atoms with Crippen LogP contribution < -0.4 is 0 Å². The van der Waals surface area contributed by atoms with Gasteiger partial charge in [-0.2, -0.15) is 0 Å². The van der Waals surface area contributed by atoms with Gasteiger partial charge in [0.25, 0.3) is 5.91 Å². The second kappa shape index (κ2) is 7.14. The number of hydrogen-bond acceptors (Lipinski definition) is 7. The number of carbonyl (C=O) groups excluding carboxylic acids is 3. The zero-order valence-corrected chi connectivity index (χ0v) is 14.3. The number of furan rings is 1. The SMILES string of the molecule is COC(=O)C1CCN(C(=O)C2CN(C(=O)c3ccc([N+](=O)[O-])o3)C2)CC1. The van der Waals surface area contributed by atoms with Gasteiger partial charge in [0, 0.05) is 26.2 Å². The van der Waals surface area contributed by atoms with Crippen LogP contribution in [0, 0.1) is 22.0 Å². The number of nitrogens with zero attached hydrogens (tertiary/aromatic N) is 3. The molecule has 10 heteroatoms. The molecule has 0 saturated carbocycles. The van der Waals surface area contributed by atoms with Crippen LogP contribution >= 0.6 is 0 Å². The van der Waals surface area contributed by atoms with Crippen molar-refractivity contribution in [1.82, 2.24) is 9.80 Å². The van der Waals surface area contributed by atoms with Gasteiger partial charge in [0.1, 0.15) is 4.92 Å². The van der Waals surface area contributed by atoms with E-state index in [1.807, 2.05) is 0 Å². The van der Waals surface area contributed by atoms with Gasteiger partial charge in [-0.05, 0) is 18.9 Å². The van der Waals surface area contributed by atoms with Crippen LogP contribution in [0.4, 0.5) is 5.88 Å². The number of methoxy groups -OCH3 is 1. The van der Waals surface area contributed by atoms with E-state index >= 15 is 0 Å². The van der Waals surface area contributed by atoms with Crippen molar-refractivity contribution in [3.63, 3.8) is 0 Å². The van der Waals surface area contributed by atoms with E-state index in [1.54, 1.807) is 4.90 Å². The Bertz CT molecular complexity index is 730. The van der Waals surface area contributed by atoms with Gasteiger partial charge in [-0.15, -0.1) is 0 Å². The third kappa shape index (κ3) is 3.39. The summed E-state index contributed by atoms with van der Waals surface area (Å²) in [6.07, 6.45) is 1.15. The average Bonchev–Trinajstić information content (AvgIpc) is 3.10. The van der Waals surface area contributed by atoms with Crippen LogP contribution in [0.2, 0.25) is 0 Å². The minimum Gasteiger partial charge on any atom is -0.469 e. The van der Waals surface area contributed by atoms with Crippen molar-refractivity contribution in [2.45, 2.75) is 12.8 Å². The summed E-state index contributed by atoms with van der Waals surface area (Å²) in [7, 11) is 1.35. The number of carbonyl (C=O) groups is 3. The normalized spacial score (nSPS) is 18.3. The van der Waals surface area contributed by atoms with Crippen LogP contribution in [0.25, 0.3) is 0 Å². The fourth-order valence-electron chi connectivity index (χ4n) is 3.26. The highest BCUT2D eigenvalue weighted by Crippen LogP contribution is 2.26. The molecule has 26 heavy (non-hydrogen) atoms. The van der Waals surface area contributed by atoms with E-state index in [1.165, 1.54) is 18.1 Å². The Kier molecular flexibility index (Phi) is 4.92. The molecule has 10 nitrogen and oxygen atoms in total. The number of esters is 1. The van der Waals surface area contributed by atoms with Gasteiger partial charge in [-0.1, -0.05) is 0 Å². The number of piperidine rings is 1. The minimum atomic E-state index is -0.711. The third-order valence-corrected chi connectivity index (χ3v) is 4.84. The highest BCUT2D eigenvalue weighted by molar-refractivity contribution is 5.94. The van der Waals surface area contributed by atoms with E-state index in [4.69, 9.17) is 9.15 Å². The van der Waals surface area contributed by atoms with Crippen molar-refractivity contribution >= 4 is 23.7 Å². The Balaban J connectivity index is 1.48. The fourth-order valence-corrected chi connectivity index (χ4v) is 3.26. The Hall–Kier alpha value is -2.91. The molecule has 0 bridgehead atoms. The maximum Gasteiger partial charge on any atom is 0.433 e. The lowest BCUT2D eigenvalue weighted by atomic mass is 9.93. The zero-order valence-electron chi connectivity index (χ0n) is 14.3. The topological polar surface area (TPSA) is 123 Å². The van der Waals surface area contributed by atoms with Crippen LogP contribution in [0.3, 0.4) is 0 Å². The molecule has 2 aliphatic heterocycles. The second-order valence-corrected chi connectivity index (χ2v) is 6.42. The highest BCUT2D eigenvalue weighted by atomic mass is 16.6. The third-order valence-electron chi connectivity index (χ3n) is 4.84. The Morgan fingerprint density at radius 3 is 2.35 bits per heavy atom. The predicted octanol–water partition coefficient (Wildman–Crippen LogP) is 0.671. The minimum absolute atomic E-state index is 0.0391. The number of likely N-dealkylation sites (tertiary alicyclic amines) is 2. The van der Waals surface area contributed by atoms with E-state index in [2.05, 4.69) is 0 Å². The van der Waals surface area contributed by atoms with Gasteiger partial charge in [-0.3, -0.25) is 24.5 Å². The summed E-state index contributed by atoms with van der Waals surface area (Å²) in [6.45, 7) is 1.49. The molecule has 0 N–H and O–H groups in total. The molecule has 0 radical (unpaired) electrons. The van der Waals surface area contributed by atoms with Crippen LogP contribution in [0.15, 0.2) is 16.5 Å². The number of nitro groups is 1. The molecule has 0 aliphatic carbocycles. The quantitative estimate of drug-likeness (QED) is 0.436. The van der Waals surface area contributed by atoms with Crippen molar-refractivity contribution in [2.75, 3.05) is 33.3 Å². The molecule has 2 saturated heterocycles. The van der Waals surface area contributed by atoms with Crippen molar-refractivity contribution in [1.29, 1.82) is 0 Å². The summed E-state index contributed by atoms with van der Waals surface area (Å²) in [5.41, 5.74) is 0. The number of amides is 2. The predicted molar refractivity (Wildman–Crippen MR) is 86.1 cm³/mol. The maximum atomic E-state index is 12.5. The molecule has 0 aromatic carbocycles. The van der Waals surface area contributed by atoms with Gasteiger partial charge in [0.05, 0.1) is 25.0 Å². The standard InChI is InChI=1S/C16H19N3O7/c1-25-16(22)10-4-6-17(7-5-10)14(20)11-8-18(9-11)15(21)12-2-3-13(26-12)19(23)24/h2-3,10-11H,4-9H2,1H3. The monoisotopic (exact) mass is 365 g/mol. The summed E-state index contributed by atoms with van der Waals surface area (Å²) in [5, 5.41) is 10.6. The summed E-state index contributed by atoms with van der Waals surface area (Å²) in [6, 6.07) is 2.38. The van der Waals surface area contributed by atoms with Crippen molar-refractivity contribution in [2.24, 2.45) is 11.8 Å². The van der Waals surface area contributed by atoms with E-state index in [0.29, 0.717) is 25.9 Å². The Morgan fingerprint density at radius 1 is 1.15 bits per heavy atom. The Labute approximate surface area is 148 Å². The molecule has 1 aromatic rings. The molecule has 0 unspecified atom stereocenters. The van der Waals surface area contributed by atoms with Crippen molar-refractivity contribution in [3.05, 3.63) is 28.0 Å². The molecular formula is C16H19N3O7. The number of ether oxygens (including phenoxy) is 1. The Morgan fingerprint density at radius 2 is 1.81 bits per heavy atom. The van der Waals surface area contributed by atoms with Gasteiger partial charge in [0.2, 0.25) is 5.91 Å². The molecular weight excluding hydrogens is 346 g/mol. The van der Waals surface area contributed by atoms with Crippen LogP contribution in [-0.2, 0) is 14.3 Å². The number of hydrogen-bond donors (Lipinski definition) is 0. The van der Waals surface area contributed by atoms with Crippen LogP contribution in [0.1, 0.15) is 23.4 Å². The molecule has 2 fully saturated rings. The van der Waals surface area contributed by atoms with E-state index in [0.717, 1.165) is 6.07 Å². The molecule has 1 aromatic heterocycles. The zero-order chi connectivity index (χ0) is 18.8. The van der Waals surface area contributed by atoms with Gasteiger partial charge in [0.15, 0.2) is 5.76 Å². The largest absolute Gasteiger partial charge is 0.469 e. The second-order valence-electron chi connectivity index (χ2n) is 6.42. The lowest BCUT2D eigenvalue weighted by Crippen LogP contribution is -2.57. The average molecular weight is 365 g/mol. The maximum absolute atomic E-state index is 12.5. The van der Waals surface area contributed by atoms with Gasteiger partial charge < -0.3 is 19.0 Å². The smallest absolute Gasteiger partial charge is 0.433 e. The summed E-state index contributed by atoms with van der Waals surface area (Å²) in [4.78, 5) is 49.2. The summed E-state index contributed by atoms with van der Waals surface area (Å²) < 4.78 is 9.62. The molecule has 0 atom stereocenters. The molecule has 3 rings (SSSR count). The first-order valence-electron chi connectivity index (χ1n) is 8.30. The lowest BCUT2D eigenvalue weighted by molar-refractivity contribution is -0.402. The van der Waals surface area contributed by atoms with Crippen LogP contribution in [0.5, 0.6) is 0 Å². The van der Waals surface area contributed by atoms with Crippen molar-refractivity contribution < 1.29 is 28.5 Å². The lowest BCUT2D eigenvalue weighted by Gasteiger charge is -2.41. The van der Waals surface area contributed by atoms with E-state index in [9.17, 15) is 24.5 Å². The van der Waals surface area contributed by atoms with Gasteiger partial charge >= 0.3 is 11.9 Å². The summed E-state index contributed by atoms with van der Waals surface area (Å²) in [5.74, 6) is -1.81. The molecule has 0 spiro atoms. The molecule has 2 aliphatic rings.